The second kappa shape index (κ2) is 14.0. The Balaban J connectivity index is 2.62. The molecule has 1 aliphatic heterocycles. The van der Waals surface area contributed by atoms with Gasteiger partial charge < -0.3 is 46.3 Å². The van der Waals surface area contributed by atoms with E-state index in [9.17, 15) is 24.9 Å². The number of aliphatic hydroxyl groups excluding tert-OH is 1. The molecule has 0 saturated heterocycles. The van der Waals surface area contributed by atoms with Crippen LogP contribution in [0.4, 0.5) is 16.2 Å². The molecule has 1 aliphatic rings. The molecule has 6 atom stereocenters. The zero-order valence-corrected chi connectivity index (χ0v) is 23.3. The summed E-state index contributed by atoms with van der Waals surface area (Å²) in [5, 5.41) is 35.0. The monoisotopic (exact) mass is 547 g/mol. The summed E-state index contributed by atoms with van der Waals surface area (Å²) in [7, 11) is 2.93. The van der Waals surface area contributed by atoms with E-state index in [0.717, 1.165) is 0 Å². The maximum Gasteiger partial charge on any atom is 0.405 e. The van der Waals surface area contributed by atoms with E-state index < -0.39 is 42.3 Å². The van der Waals surface area contributed by atoms with E-state index in [1.165, 1.54) is 26.4 Å². The highest BCUT2D eigenvalue weighted by atomic mass is 16.6. The number of amides is 2. The van der Waals surface area contributed by atoms with Crippen molar-refractivity contribution in [2.24, 2.45) is 17.6 Å². The van der Waals surface area contributed by atoms with Crippen LogP contribution in [0.15, 0.2) is 41.5 Å². The summed E-state index contributed by atoms with van der Waals surface area (Å²) < 4.78 is 16.5. The number of methoxy groups -OCH3 is 2. The minimum absolute atomic E-state index is 0.00464. The van der Waals surface area contributed by atoms with E-state index in [0.29, 0.717) is 12.0 Å². The van der Waals surface area contributed by atoms with Crippen LogP contribution in [0, 0.1) is 11.8 Å². The van der Waals surface area contributed by atoms with Gasteiger partial charge in [-0.15, -0.1) is 0 Å². The third-order valence-corrected chi connectivity index (χ3v) is 6.87. The van der Waals surface area contributed by atoms with Crippen LogP contribution in [-0.4, -0.2) is 66.0 Å². The standard InChI is InChI=1S/C28H41N3O8/c1-14-10-18-23(29)20(32)13-19(25(18)34)31-27(35)15(2)8-7-9-21(37-5)26(39-28(30)36)17(4)12-16(3)24(33)22(11-14)38-6/h7-9,12-14,16,21-22,24,26,32-34H,10-11,29H2,1-6H3,(H2,30,36)(H,31,35)/b9-7-,15-8+,17-12+/t14-,16+,21?,22+,24-,26+/m1/s1. The van der Waals surface area contributed by atoms with E-state index in [2.05, 4.69) is 5.32 Å². The molecule has 216 valence electrons. The maximum atomic E-state index is 12.8. The van der Waals surface area contributed by atoms with Crippen molar-refractivity contribution >= 4 is 23.4 Å². The summed E-state index contributed by atoms with van der Waals surface area (Å²) in [6.45, 7) is 7.01. The molecule has 2 amide bonds. The van der Waals surface area contributed by atoms with Gasteiger partial charge in [-0.1, -0.05) is 38.2 Å². The van der Waals surface area contributed by atoms with Crippen molar-refractivity contribution in [3.05, 3.63) is 47.1 Å². The lowest BCUT2D eigenvalue weighted by molar-refractivity contribution is -0.112. The molecule has 0 spiro atoms. The molecule has 1 unspecified atom stereocenters. The van der Waals surface area contributed by atoms with Crippen molar-refractivity contribution < 1.29 is 39.1 Å². The number of benzene rings is 1. The van der Waals surface area contributed by atoms with Crippen molar-refractivity contribution in [3.8, 4) is 11.5 Å². The van der Waals surface area contributed by atoms with Gasteiger partial charge in [0.1, 0.15) is 17.6 Å². The lowest BCUT2D eigenvalue weighted by Crippen LogP contribution is -2.37. The molecule has 0 fully saturated rings. The third kappa shape index (κ3) is 8.22. The zero-order chi connectivity index (χ0) is 29.4. The van der Waals surface area contributed by atoms with Crippen LogP contribution in [0.2, 0.25) is 0 Å². The first kappa shape index (κ1) is 31.7. The molecule has 0 saturated carbocycles. The highest BCUT2D eigenvalue weighted by Gasteiger charge is 2.30. The molecular weight excluding hydrogens is 506 g/mol. The lowest BCUT2D eigenvalue weighted by Gasteiger charge is -2.29. The smallest absolute Gasteiger partial charge is 0.405 e. The molecule has 39 heavy (non-hydrogen) atoms. The molecule has 1 aromatic carbocycles. The molecule has 11 heteroatoms. The van der Waals surface area contributed by atoms with Gasteiger partial charge in [-0.2, -0.15) is 0 Å². The zero-order valence-electron chi connectivity index (χ0n) is 23.3. The fraction of sp³-hybridized carbons (Fsp3) is 0.500. The minimum Gasteiger partial charge on any atom is -0.506 e. The van der Waals surface area contributed by atoms with Gasteiger partial charge in [0.2, 0.25) is 0 Å². The lowest BCUT2D eigenvalue weighted by atomic mass is 9.87. The molecule has 0 aliphatic carbocycles. The number of anilines is 2. The van der Waals surface area contributed by atoms with Crippen LogP contribution in [0.3, 0.4) is 0 Å². The Labute approximate surface area is 229 Å². The summed E-state index contributed by atoms with van der Waals surface area (Å²) in [5.41, 5.74) is 12.6. The number of allylic oxidation sites excluding steroid dienone is 2. The van der Waals surface area contributed by atoms with Crippen molar-refractivity contribution in [2.75, 3.05) is 25.3 Å². The van der Waals surface area contributed by atoms with Crippen LogP contribution in [0.5, 0.6) is 11.5 Å². The van der Waals surface area contributed by atoms with Gasteiger partial charge in [-0.05, 0) is 38.2 Å². The number of phenols is 2. The van der Waals surface area contributed by atoms with Crippen molar-refractivity contribution in [2.45, 2.75) is 65.0 Å². The molecule has 1 heterocycles. The van der Waals surface area contributed by atoms with Gasteiger partial charge in [0.05, 0.1) is 23.6 Å². The van der Waals surface area contributed by atoms with Crippen molar-refractivity contribution in [1.82, 2.24) is 0 Å². The maximum absolute atomic E-state index is 12.8. The molecule has 11 nitrogen and oxygen atoms in total. The number of carbonyl (C=O) groups excluding carboxylic acids is 2. The largest absolute Gasteiger partial charge is 0.506 e. The summed E-state index contributed by atoms with van der Waals surface area (Å²) in [5.74, 6) is -1.63. The fourth-order valence-electron chi connectivity index (χ4n) is 4.63. The summed E-state index contributed by atoms with van der Waals surface area (Å²) in [6, 6.07) is 1.19. The van der Waals surface area contributed by atoms with Crippen molar-refractivity contribution in [3.63, 3.8) is 0 Å². The number of nitrogen functional groups attached to an aromatic ring is 1. The quantitative estimate of drug-likeness (QED) is 0.143. The molecule has 1 aromatic rings. The Morgan fingerprint density at radius 1 is 1.15 bits per heavy atom. The second-order valence-corrected chi connectivity index (χ2v) is 10.0. The average Bonchev–Trinajstić information content (AvgIpc) is 2.88. The van der Waals surface area contributed by atoms with E-state index in [1.54, 1.807) is 39.0 Å². The van der Waals surface area contributed by atoms with Gasteiger partial charge in [-0.25, -0.2) is 4.79 Å². The Morgan fingerprint density at radius 3 is 2.41 bits per heavy atom. The number of aromatic hydroxyl groups is 2. The normalized spacial score (nSPS) is 30.8. The second-order valence-electron chi connectivity index (χ2n) is 10.0. The Hall–Kier alpha value is -3.54. The third-order valence-electron chi connectivity index (χ3n) is 6.87. The van der Waals surface area contributed by atoms with Crippen LogP contribution < -0.4 is 16.8 Å². The number of carbonyl (C=O) groups is 2. The Morgan fingerprint density at radius 2 is 1.82 bits per heavy atom. The Bertz CT molecular complexity index is 1130. The van der Waals surface area contributed by atoms with E-state index >= 15 is 0 Å². The number of primary amides is 1. The number of aliphatic hydroxyl groups is 1. The SMILES string of the molecule is COC1/C=C\C=C(/C)C(=O)Nc2cc(O)c(N)c(c2O)C[C@@H](C)C[C@H](OC)[C@H](O)[C@@H](C)/C=C(\C)[C@@H]1OC(N)=O. The van der Waals surface area contributed by atoms with E-state index in [4.69, 9.17) is 25.7 Å². The molecule has 0 radical (unpaired) electrons. The van der Waals surface area contributed by atoms with Crippen LogP contribution in [-0.2, 0) is 25.4 Å². The number of hydrogen-bond donors (Lipinski definition) is 6. The van der Waals surface area contributed by atoms with Crippen LogP contribution in [0.25, 0.3) is 0 Å². The number of phenolic OH excluding ortho intramolecular Hbond substituents is 2. The van der Waals surface area contributed by atoms with Gasteiger partial charge in [-0.3, -0.25) is 4.79 Å². The van der Waals surface area contributed by atoms with E-state index in [-0.39, 0.29) is 46.3 Å². The predicted molar refractivity (Wildman–Crippen MR) is 148 cm³/mol. The van der Waals surface area contributed by atoms with Gasteiger partial charge in [0.15, 0.2) is 6.10 Å². The summed E-state index contributed by atoms with van der Waals surface area (Å²) in [6.07, 6.45) is 2.90. The van der Waals surface area contributed by atoms with Gasteiger partial charge in [0.25, 0.3) is 5.91 Å². The molecular formula is C28H41N3O8. The first-order valence-electron chi connectivity index (χ1n) is 12.7. The van der Waals surface area contributed by atoms with E-state index in [1.807, 2.05) is 6.92 Å². The first-order valence-corrected chi connectivity index (χ1v) is 12.7. The summed E-state index contributed by atoms with van der Waals surface area (Å²) in [4.78, 5) is 24.5. The molecule has 8 N–H and O–H groups in total. The number of hydrogen-bond acceptors (Lipinski definition) is 9. The molecule has 2 bridgehead atoms. The highest BCUT2D eigenvalue weighted by molar-refractivity contribution is 6.04. The van der Waals surface area contributed by atoms with Gasteiger partial charge in [0, 0.05) is 37.3 Å². The molecule has 0 aromatic heterocycles. The summed E-state index contributed by atoms with van der Waals surface area (Å²) >= 11 is 0. The van der Waals surface area contributed by atoms with Crippen molar-refractivity contribution in [1.29, 1.82) is 0 Å². The average molecular weight is 548 g/mol. The molecule has 2 rings (SSSR count). The minimum atomic E-state index is -0.992. The number of nitrogens with two attached hydrogens (primary N) is 2. The van der Waals surface area contributed by atoms with Crippen LogP contribution in [0.1, 0.15) is 39.7 Å². The number of ether oxygens (including phenoxy) is 3. The predicted octanol–water partition coefficient (Wildman–Crippen LogP) is 3.14. The number of rotatable bonds is 3. The topological polar surface area (TPSA) is 187 Å². The number of nitrogens with one attached hydrogen (secondary N) is 1. The highest BCUT2D eigenvalue weighted by Crippen LogP contribution is 2.40. The van der Waals surface area contributed by atoms with Crippen LogP contribution >= 0.6 is 0 Å². The first-order chi connectivity index (χ1) is 18.3. The van der Waals surface area contributed by atoms with Gasteiger partial charge >= 0.3 is 6.09 Å². The fourth-order valence-corrected chi connectivity index (χ4v) is 4.63. The Kier molecular flexibility index (Phi) is 11.4. The number of fused-ring (bicyclic) bond motifs is 2.